The van der Waals surface area contributed by atoms with E-state index < -0.39 is 0 Å². The third-order valence-electron chi connectivity index (χ3n) is 3.56. The van der Waals surface area contributed by atoms with Crippen molar-refractivity contribution in [2.45, 2.75) is 46.1 Å². The SMILES string of the molecule is Cc1ccccc1C(C)NC(=O)CCC(C)CCN. The lowest BCUT2D eigenvalue weighted by molar-refractivity contribution is -0.122. The van der Waals surface area contributed by atoms with Crippen molar-refractivity contribution in [3.8, 4) is 0 Å². The fourth-order valence-electron chi connectivity index (χ4n) is 2.27. The van der Waals surface area contributed by atoms with Crippen LogP contribution in [0.4, 0.5) is 0 Å². The monoisotopic (exact) mass is 262 g/mol. The molecule has 3 heteroatoms. The van der Waals surface area contributed by atoms with E-state index in [1.54, 1.807) is 0 Å². The van der Waals surface area contributed by atoms with Crippen molar-refractivity contribution in [3.63, 3.8) is 0 Å². The summed E-state index contributed by atoms with van der Waals surface area (Å²) in [7, 11) is 0. The van der Waals surface area contributed by atoms with Gasteiger partial charge in [-0.3, -0.25) is 4.79 Å². The third kappa shape index (κ3) is 5.43. The second-order valence-corrected chi connectivity index (χ2v) is 5.37. The van der Waals surface area contributed by atoms with Crippen LogP contribution >= 0.6 is 0 Å². The second-order valence-electron chi connectivity index (χ2n) is 5.37. The highest BCUT2D eigenvalue weighted by Gasteiger charge is 2.12. The number of nitrogens with one attached hydrogen (secondary N) is 1. The molecule has 2 unspecified atom stereocenters. The van der Waals surface area contributed by atoms with E-state index in [4.69, 9.17) is 5.73 Å². The lowest BCUT2D eigenvalue weighted by Crippen LogP contribution is -2.27. The van der Waals surface area contributed by atoms with Gasteiger partial charge in [0.25, 0.3) is 0 Å². The smallest absolute Gasteiger partial charge is 0.220 e. The number of benzene rings is 1. The number of carbonyl (C=O) groups excluding carboxylic acids is 1. The van der Waals surface area contributed by atoms with Crippen LogP contribution in [0.5, 0.6) is 0 Å². The zero-order valence-electron chi connectivity index (χ0n) is 12.3. The van der Waals surface area contributed by atoms with Crippen molar-refractivity contribution in [1.82, 2.24) is 5.32 Å². The molecule has 0 bridgehead atoms. The minimum atomic E-state index is 0.0681. The highest BCUT2D eigenvalue weighted by Crippen LogP contribution is 2.17. The molecule has 0 saturated carbocycles. The summed E-state index contributed by atoms with van der Waals surface area (Å²) in [6.45, 7) is 6.94. The Labute approximate surface area is 116 Å². The molecule has 0 saturated heterocycles. The number of rotatable bonds is 7. The second kappa shape index (κ2) is 7.95. The zero-order valence-corrected chi connectivity index (χ0v) is 12.3. The molecule has 3 N–H and O–H groups in total. The topological polar surface area (TPSA) is 55.1 Å². The van der Waals surface area contributed by atoms with Crippen LogP contribution in [0.2, 0.25) is 0 Å². The molecular weight excluding hydrogens is 236 g/mol. The molecule has 106 valence electrons. The van der Waals surface area contributed by atoms with Gasteiger partial charge in [0.15, 0.2) is 0 Å². The molecule has 0 spiro atoms. The van der Waals surface area contributed by atoms with Gasteiger partial charge in [-0.15, -0.1) is 0 Å². The predicted octanol–water partition coefficient (Wildman–Crippen LogP) is 2.94. The summed E-state index contributed by atoms with van der Waals surface area (Å²) in [5.41, 5.74) is 7.91. The molecule has 1 rings (SSSR count). The first-order chi connectivity index (χ1) is 9.04. The van der Waals surface area contributed by atoms with Crippen LogP contribution in [0.25, 0.3) is 0 Å². The summed E-state index contributed by atoms with van der Waals surface area (Å²) in [5.74, 6) is 0.643. The average Bonchev–Trinajstić information content (AvgIpc) is 2.37. The molecule has 0 radical (unpaired) electrons. The van der Waals surface area contributed by atoms with E-state index in [0.29, 0.717) is 18.9 Å². The number of carbonyl (C=O) groups is 1. The van der Waals surface area contributed by atoms with Crippen molar-refractivity contribution in [1.29, 1.82) is 0 Å². The van der Waals surface area contributed by atoms with E-state index in [1.807, 2.05) is 19.1 Å². The van der Waals surface area contributed by atoms with E-state index in [-0.39, 0.29) is 11.9 Å². The van der Waals surface area contributed by atoms with Gasteiger partial charge in [0, 0.05) is 6.42 Å². The highest BCUT2D eigenvalue weighted by molar-refractivity contribution is 5.76. The predicted molar refractivity (Wildman–Crippen MR) is 79.8 cm³/mol. The van der Waals surface area contributed by atoms with Crippen molar-refractivity contribution in [2.75, 3.05) is 6.54 Å². The number of aryl methyl sites for hydroxylation is 1. The summed E-state index contributed by atoms with van der Waals surface area (Å²) < 4.78 is 0. The van der Waals surface area contributed by atoms with Gasteiger partial charge in [0.05, 0.1) is 6.04 Å². The Morgan fingerprint density at radius 2 is 1.95 bits per heavy atom. The van der Waals surface area contributed by atoms with Gasteiger partial charge in [-0.25, -0.2) is 0 Å². The summed E-state index contributed by atoms with van der Waals surface area (Å²) in [6, 6.07) is 8.23. The first kappa shape index (κ1) is 15.7. The summed E-state index contributed by atoms with van der Waals surface area (Å²) in [5, 5.41) is 3.06. The Hall–Kier alpha value is -1.35. The Balaban J connectivity index is 2.42. The van der Waals surface area contributed by atoms with Crippen LogP contribution < -0.4 is 11.1 Å². The molecule has 1 aromatic rings. The molecule has 0 aliphatic carbocycles. The zero-order chi connectivity index (χ0) is 14.3. The van der Waals surface area contributed by atoms with Crippen LogP contribution in [0.3, 0.4) is 0 Å². The average molecular weight is 262 g/mol. The standard InChI is InChI=1S/C16H26N2O/c1-12(10-11-17)8-9-16(19)18-14(3)15-7-5-4-6-13(15)2/h4-7,12,14H,8-11,17H2,1-3H3,(H,18,19). The maximum atomic E-state index is 11.9. The molecule has 3 nitrogen and oxygen atoms in total. The number of amides is 1. The molecule has 19 heavy (non-hydrogen) atoms. The molecule has 0 aliphatic heterocycles. The Bertz CT molecular complexity index is 403. The minimum absolute atomic E-state index is 0.0681. The largest absolute Gasteiger partial charge is 0.350 e. The van der Waals surface area contributed by atoms with Crippen LogP contribution in [0.15, 0.2) is 24.3 Å². The molecule has 0 heterocycles. The van der Waals surface area contributed by atoms with Gasteiger partial charge in [-0.05, 0) is 50.3 Å². The fourth-order valence-corrected chi connectivity index (χ4v) is 2.27. The molecule has 0 aliphatic rings. The number of hydrogen-bond donors (Lipinski definition) is 2. The van der Waals surface area contributed by atoms with E-state index in [2.05, 4.69) is 31.3 Å². The van der Waals surface area contributed by atoms with E-state index >= 15 is 0 Å². The molecule has 1 amide bonds. The highest BCUT2D eigenvalue weighted by atomic mass is 16.1. The van der Waals surface area contributed by atoms with Gasteiger partial charge in [-0.1, -0.05) is 31.2 Å². The summed E-state index contributed by atoms with van der Waals surface area (Å²) in [6.07, 6.45) is 2.47. The molecule has 0 aromatic heterocycles. The van der Waals surface area contributed by atoms with Crippen molar-refractivity contribution in [3.05, 3.63) is 35.4 Å². The van der Waals surface area contributed by atoms with Crippen molar-refractivity contribution < 1.29 is 4.79 Å². The summed E-state index contributed by atoms with van der Waals surface area (Å²) >= 11 is 0. The van der Waals surface area contributed by atoms with Gasteiger partial charge in [0.1, 0.15) is 0 Å². The Morgan fingerprint density at radius 1 is 1.26 bits per heavy atom. The first-order valence-electron chi connectivity index (χ1n) is 7.09. The van der Waals surface area contributed by atoms with E-state index in [9.17, 15) is 4.79 Å². The normalized spacial score (nSPS) is 13.9. The molecule has 1 aromatic carbocycles. The Kier molecular flexibility index (Phi) is 6.57. The maximum Gasteiger partial charge on any atom is 0.220 e. The quantitative estimate of drug-likeness (QED) is 0.793. The molecule has 0 fully saturated rings. The number of hydrogen-bond acceptors (Lipinski definition) is 2. The molecular formula is C16H26N2O. The van der Waals surface area contributed by atoms with Crippen molar-refractivity contribution >= 4 is 5.91 Å². The van der Waals surface area contributed by atoms with Crippen molar-refractivity contribution in [2.24, 2.45) is 11.7 Å². The van der Waals surface area contributed by atoms with Crippen LogP contribution in [-0.4, -0.2) is 12.5 Å². The van der Waals surface area contributed by atoms with Gasteiger partial charge >= 0.3 is 0 Å². The number of nitrogens with two attached hydrogens (primary N) is 1. The van der Waals surface area contributed by atoms with Crippen LogP contribution in [0.1, 0.15) is 50.3 Å². The first-order valence-corrected chi connectivity index (χ1v) is 7.09. The Morgan fingerprint density at radius 3 is 2.58 bits per heavy atom. The maximum absolute atomic E-state index is 11.9. The van der Waals surface area contributed by atoms with E-state index in [1.165, 1.54) is 11.1 Å². The van der Waals surface area contributed by atoms with Crippen LogP contribution in [-0.2, 0) is 4.79 Å². The summed E-state index contributed by atoms with van der Waals surface area (Å²) in [4.78, 5) is 11.9. The lowest BCUT2D eigenvalue weighted by Gasteiger charge is -2.17. The third-order valence-corrected chi connectivity index (χ3v) is 3.56. The van der Waals surface area contributed by atoms with Gasteiger partial charge in [0.2, 0.25) is 5.91 Å². The van der Waals surface area contributed by atoms with Gasteiger partial charge in [-0.2, -0.15) is 0 Å². The van der Waals surface area contributed by atoms with Crippen LogP contribution in [0, 0.1) is 12.8 Å². The minimum Gasteiger partial charge on any atom is -0.350 e. The fraction of sp³-hybridized carbons (Fsp3) is 0.562. The molecule has 2 atom stereocenters. The van der Waals surface area contributed by atoms with E-state index in [0.717, 1.165) is 12.8 Å². The lowest BCUT2D eigenvalue weighted by atomic mass is 10.0. The van der Waals surface area contributed by atoms with Gasteiger partial charge < -0.3 is 11.1 Å².